The Hall–Kier alpha value is -2.93. The van der Waals surface area contributed by atoms with Crippen LogP contribution in [0.15, 0.2) is 53.6 Å². The lowest BCUT2D eigenvalue weighted by atomic mass is 10.1. The van der Waals surface area contributed by atoms with Crippen molar-refractivity contribution in [1.82, 2.24) is 19.4 Å². The maximum Gasteiger partial charge on any atom is 0.266 e. The van der Waals surface area contributed by atoms with Crippen LogP contribution in [0.5, 0.6) is 0 Å². The van der Waals surface area contributed by atoms with Crippen molar-refractivity contribution >= 4 is 45.7 Å². The van der Waals surface area contributed by atoms with Crippen molar-refractivity contribution in [1.29, 1.82) is 0 Å². The molecule has 0 saturated carbocycles. The van der Waals surface area contributed by atoms with E-state index in [-0.39, 0.29) is 5.56 Å². The Kier molecular flexibility index (Phi) is 5.60. The van der Waals surface area contributed by atoms with Crippen molar-refractivity contribution in [3.8, 4) is 5.69 Å². The Bertz CT molecular complexity index is 1430. The van der Waals surface area contributed by atoms with Crippen LogP contribution in [0.3, 0.4) is 0 Å². The first-order chi connectivity index (χ1) is 15.8. The van der Waals surface area contributed by atoms with E-state index >= 15 is 0 Å². The second kappa shape index (κ2) is 8.45. The molecule has 6 nitrogen and oxygen atoms in total. The van der Waals surface area contributed by atoms with Gasteiger partial charge in [-0.1, -0.05) is 35.3 Å². The van der Waals surface area contributed by atoms with Gasteiger partial charge in [-0.2, -0.15) is 0 Å². The van der Waals surface area contributed by atoms with E-state index in [1.807, 2.05) is 6.92 Å². The van der Waals surface area contributed by atoms with Gasteiger partial charge in [-0.05, 0) is 74.8 Å². The summed E-state index contributed by atoms with van der Waals surface area (Å²) in [5.74, 6) is 0.445. The van der Waals surface area contributed by atoms with Gasteiger partial charge in [-0.3, -0.25) is 9.36 Å². The van der Waals surface area contributed by atoms with Gasteiger partial charge in [-0.15, -0.1) is 0 Å². The Morgan fingerprint density at radius 2 is 1.82 bits per heavy atom. The van der Waals surface area contributed by atoms with Gasteiger partial charge in [0.1, 0.15) is 0 Å². The first-order valence-electron chi connectivity index (χ1n) is 10.7. The van der Waals surface area contributed by atoms with Crippen LogP contribution < -0.4 is 10.9 Å². The summed E-state index contributed by atoms with van der Waals surface area (Å²) in [5.41, 5.74) is 5.24. The molecule has 1 aliphatic carbocycles. The zero-order chi connectivity index (χ0) is 23.3. The molecule has 0 radical (unpaired) electrons. The van der Waals surface area contributed by atoms with Crippen molar-refractivity contribution in [3.05, 3.63) is 85.9 Å². The fraction of sp³-hybridized carbons (Fsp3) is 0.240. The van der Waals surface area contributed by atoms with Gasteiger partial charge in [0, 0.05) is 24.1 Å². The van der Waals surface area contributed by atoms with Crippen LogP contribution in [0.4, 0.5) is 11.6 Å². The summed E-state index contributed by atoms with van der Waals surface area (Å²) < 4.78 is 1.46. The van der Waals surface area contributed by atoms with Crippen molar-refractivity contribution in [2.75, 3.05) is 19.4 Å². The lowest BCUT2D eigenvalue weighted by Gasteiger charge is -2.17. The molecule has 0 saturated heterocycles. The fourth-order valence-electron chi connectivity index (χ4n) is 4.39. The molecule has 1 N–H and O–H groups in total. The number of aryl methyl sites for hydroxylation is 1. The molecule has 168 valence electrons. The molecule has 0 bridgehead atoms. The number of pyridine rings is 1. The van der Waals surface area contributed by atoms with Crippen LogP contribution in [-0.4, -0.2) is 39.6 Å². The van der Waals surface area contributed by atoms with Crippen molar-refractivity contribution < 1.29 is 0 Å². The Morgan fingerprint density at radius 1 is 1.09 bits per heavy atom. The van der Waals surface area contributed by atoms with Gasteiger partial charge in [-0.25, -0.2) is 9.97 Å². The molecule has 0 fully saturated rings. The number of hydrogen-bond acceptors (Lipinski definition) is 5. The monoisotopic (exact) mass is 479 g/mol. The second-order valence-corrected chi connectivity index (χ2v) is 9.46. The number of rotatable bonds is 4. The minimum Gasteiger partial charge on any atom is -0.324 e. The predicted octanol–water partition coefficient (Wildman–Crippen LogP) is 5.17. The summed E-state index contributed by atoms with van der Waals surface area (Å²) in [4.78, 5) is 24.5. The Balaban J connectivity index is 1.50. The fourth-order valence-corrected chi connectivity index (χ4v) is 4.97. The van der Waals surface area contributed by atoms with E-state index in [0.29, 0.717) is 38.6 Å². The van der Waals surface area contributed by atoms with E-state index < -0.39 is 0 Å². The summed E-state index contributed by atoms with van der Waals surface area (Å²) in [6.45, 7) is 1.90. The Morgan fingerprint density at radius 3 is 2.55 bits per heavy atom. The molecule has 1 unspecified atom stereocenters. The normalized spacial score (nSPS) is 15.3. The second-order valence-electron chi connectivity index (χ2n) is 8.65. The maximum atomic E-state index is 13.2. The number of anilines is 2. The summed E-state index contributed by atoms with van der Waals surface area (Å²) in [7, 11) is 4.24. The molecule has 1 atom stereocenters. The Labute approximate surface area is 201 Å². The molecule has 2 aromatic heterocycles. The van der Waals surface area contributed by atoms with Gasteiger partial charge in [0.05, 0.1) is 26.6 Å². The number of nitrogens with one attached hydrogen (secondary N) is 1. The molecule has 2 aromatic carbocycles. The minimum absolute atomic E-state index is 0.274. The van der Waals surface area contributed by atoms with Gasteiger partial charge in [0.2, 0.25) is 5.95 Å². The minimum atomic E-state index is -0.274. The molecule has 0 aliphatic heterocycles. The molecule has 0 spiro atoms. The van der Waals surface area contributed by atoms with Gasteiger partial charge >= 0.3 is 0 Å². The number of aromatic nitrogens is 3. The molecule has 33 heavy (non-hydrogen) atoms. The average Bonchev–Trinajstić information content (AvgIpc) is 3.21. The number of hydrogen-bond donors (Lipinski definition) is 1. The lowest BCUT2D eigenvalue weighted by Crippen LogP contribution is -2.27. The van der Waals surface area contributed by atoms with Crippen LogP contribution in [0.1, 0.15) is 16.7 Å². The smallest absolute Gasteiger partial charge is 0.266 e. The molecular formula is C25H23Cl2N5O. The van der Waals surface area contributed by atoms with Crippen LogP contribution >= 0.6 is 23.2 Å². The van der Waals surface area contributed by atoms with E-state index in [0.717, 1.165) is 24.1 Å². The van der Waals surface area contributed by atoms with E-state index in [9.17, 15) is 4.79 Å². The molecule has 0 amide bonds. The van der Waals surface area contributed by atoms with Gasteiger partial charge in [0.25, 0.3) is 5.56 Å². The van der Waals surface area contributed by atoms with Crippen LogP contribution in [-0.2, 0) is 12.8 Å². The topological polar surface area (TPSA) is 63.1 Å². The lowest BCUT2D eigenvalue weighted by molar-refractivity contribution is 0.303. The number of fused-ring (bicyclic) bond motifs is 2. The summed E-state index contributed by atoms with van der Waals surface area (Å²) in [6.07, 6.45) is 5.36. The van der Waals surface area contributed by atoms with Crippen molar-refractivity contribution in [3.63, 3.8) is 0 Å². The van der Waals surface area contributed by atoms with E-state index in [1.165, 1.54) is 15.7 Å². The highest BCUT2D eigenvalue weighted by molar-refractivity contribution is 6.37. The third kappa shape index (κ3) is 3.99. The zero-order valence-corrected chi connectivity index (χ0v) is 20.1. The number of nitrogens with zero attached hydrogens (tertiary/aromatic N) is 4. The highest BCUT2D eigenvalue weighted by Gasteiger charge is 2.23. The molecule has 1 aliphatic rings. The summed E-state index contributed by atoms with van der Waals surface area (Å²) in [5, 5.41) is 4.49. The summed E-state index contributed by atoms with van der Waals surface area (Å²) in [6, 6.07) is 12.1. The third-order valence-corrected chi connectivity index (χ3v) is 6.83. The van der Waals surface area contributed by atoms with Gasteiger partial charge < -0.3 is 10.2 Å². The quantitative estimate of drug-likeness (QED) is 0.437. The maximum absolute atomic E-state index is 13.2. The summed E-state index contributed by atoms with van der Waals surface area (Å²) >= 11 is 12.7. The van der Waals surface area contributed by atoms with Crippen LogP contribution in [0, 0.1) is 6.92 Å². The molecule has 2 heterocycles. The largest absolute Gasteiger partial charge is 0.324 e. The number of benzene rings is 2. The first-order valence-corrected chi connectivity index (χ1v) is 11.5. The molecule has 5 rings (SSSR count). The molecular weight excluding hydrogens is 457 g/mol. The number of likely N-dealkylation sites (N-methyl/N-ethyl adjacent to an activating group) is 1. The van der Waals surface area contributed by atoms with Gasteiger partial charge in [0.15, 0.2) is 0 Å². The van der Waals surface area contributed by atoms with E-state index in [2.05, 4.69) is 52.5 Å². The van der Waals surface area contributed by atoms with Crippen molar-refractivity contribution in [2.24, 2.45) is 0 Å². The standard InChI is InChI=1S/C25H23Cl2N5O/c1-14-13-32(23-20(26)5-4-6-21(23)27)24(33)19-12-28-25(30-22(14)19)29-17-8-7-15-10-18(31(2)3)11-16(15)9-17/h4-9,12-13,18H,10-11H2,1-3H3,(H,28,29,30). The average molecular weight is 480 g/mol. The third-order valence-electron chi connectivity index (χ3n) is 6.22. The number of para-hydroxylation sites is 1. The first kappa shape index (κ1) is 21.9. The van der Waals surface area contributed by atoms with Crippen molar-refractivity contribution in [2.45, 2.75) is 25.8 Å². The predicted molar refractivity (Wildman–Crippen MR) is 134 cm³/mol. The zero-order valence-electron chi connectivity index (χ0n) is 18.6. The SMILES string of the molecule is Cc1cn(-c2c(Cl)cccc2Cl)c(=O)c2cnc(Nc3ccc4c(c3)CC(N(C)C)C4)nc12. The highest BCUT2D eigenvalue weighted by atomic mass is 35.5. The molecule has 8 heteroatoms. The number of halogens is 2. The van der Waals surface area contributed by atoms with E-state index in [4.69, 9.17) is 23.2 Å². The molecule has 4 aromatic rings. The van der Waals surface area contributed by atoms with E-state index in [1.54, 1.807) is 30.6 Å². The van der Waals surface area contributed by atoms with Crippen LogP contribution in [0.25, 0.3) is 16.6 Å². The van der Waals surface area contributed by atoms with Crippen LogP contribution in [0.2, 0.25) is 10.0 Å². The highest BCUT2D eigenvalue weighted by Crippen LogP contribution is 2.30.